The van der Waals surface area contributed by atoms with Gasteiger partial charge in [0.2, 0.25) is 0 Å². The molecule has 4 heavy (non-hydrogen) atoms. The average molecular weight is 125 g/mol. The van der Waals surface area contributed by atoms with Gasteiger partial charge in [-0.05, 0) is 0 Å². The minimum absolute atomic E-state index is 0.292. The molecule has 0 rings (SSSR count). The Kier molecular flexibility index (Phi) is 3.90. The number of aliphatic hydroxyl groups is 1. The van der Waals surface area contributed by atoms with E-state index < -0.39 is 0 Å². The molecule has 0 unspecified atom stereocenters. The molecule has 0 aromatic rings. The molecule has 0 amide bonds. The topological polar surface area (TPSA) is 20.2 Å². The Bertz CT molecular complexity index is 8.00. The van der Waals surface area contributed by atoms with E-state index in [9.17, 15) is 0 Å². The predicted molar refractivity (Wildman–Crippen MR) is 19.0 cm³/mol. The summed E-state index contributed by atoms with van der Waals surface area (Å²) in [7, 11) is 0. The summed E-state index contributed by atoms with van der Waals surface area (Å²) < 4.78 is 0. The van der Waals surface area contributed by atoms with Crippen LogP contribution in [0.25, 0.3) is 0 Å². The van der Waals surface area contributed by atoms with Crippen molar-refractivity contribution >= 4 is 16.0 Å². The van der Waals surface area contributed by atoms with Crippen LogP contribution in [0.5, 0.6) is 0 Å². The van der Waals surface area contributed by atoms with E-state index in [1.807, 2.05) is 0 Å². The molecule has 0 aliphatic carbocycles. The number of hydrogen-bond donors (Lipinski definition) is 1. The van der Waals surface area contributed by atoms with E-state index >= 15 is 0 Å². The Morgan fingerprint density at radius 2 is 2.00 bits per heavy atom. The van der Waals surface area contributed by atoms with Crippen LogP contribution < -0.4 is 0 Å². The second kappa shape index (κ2) is 3.48. The molecule has 0 radical (unpaired) electrons. The van der Waals surface area contributed by atoms with Crippen molar-refractivity contribution in [3.05, 3.63) is 0 Å². The van der Waals surface area contributed by atoms with Gasteiger partial charge < -0.3 is 0 Å². The summed E-state index contributed by atoms with van der Waals surface area (Å²) in [5, 5.41) is 8.67. The zero-order valence-electron chi connectivity index (χ0n) is 2.31. The van der Waals surface area contributed by atoms with Crippen LogP contribution in [-0.4, -0.2) is 27.7 Å². The fourth-order valence-corrected chi connectivity index (χ4v) is 0. The van der Waals surface area contributed by atoms with Crippen LogP contribution >= 0.6 is 0 Å². The second-order valence-electron chi connectivity index (χ2n) is 0.447. The summed E-state index contributed by atoms with van der Waals surface area (Å²) >= 11 is 2.29. The van der Waals surface area contributed by atoms with Crippen LogP contribution in [0.4, 0.5) is 0 Å². The van der Waals surface area contributed by atoms with Crippen molar-refractivity contribution in [2.75, 3.05) is 6.61 Å². The van der Waals surface area contributed by atoms with Gasteiger partial charge >= 0.3 is 33.0 Å². The van der Waals surface area contributed by atoms with E-state index in [0.29, 0.717) is 6.61 Å². The first-order chi connectivity index (χ1) is 1.91. The van der Waals surface area contributed by atoms with Crippen molar-refractivity contribution in [2.45, 2.75) is 5.32 Å². The third-order valence-corrected chi connectivity index (χ3v) is 0.520. The molecule has 0 atom stereocenters. The maximum absolute atomic E-state index is 7.86. The zero-order valence-corrected chi connectivity index (χ0v) is 4.19. The van der Waals surface area contributed by atoms with E-state index in [0.717, 1.165) is 5.32 Å². The summed E-state index contributed by atoms with van der Waals surface area (Å²) in [5.41, 5.74) is 0. The van der Waals surface area contributed by atoms with Crippen molar-refractivity contribution < 1.29 is 5.11 Å². The summed E-state index contributed by atoms with van der Waals surface area (Å²) in [5.74, 6) is 0. The minimum atomic E-state index is 0.292. The van der Waals surface area contributed by atoms with Crippen LogP contribution in [0.2, 0.25) is 5.32 Å². The summed E-state index contributed by atoms with van der Waals surface area (Å²) in [6.07, 6.45) is 0. The molecule has 0 aliphatic heterocycles. The normalized spacial score (nSPS) is 7.50. The number of aliphatic hydroxyl groups excluding tert-OH is 1. The first kappa shape index (κ1) is 4.48. The maximum atomic E-state index is 7.86. The van der Waals surface area contributed by atoms with Crippen molar-refractivity contribution in [2.24, 2.45) is 0 Å². The molecule has 1 nitrogen and oxygen atoms in total. The first-order valence-corrected chi connectivity index (χ1v) is 2.46. The molecule has 0 heterocycles. The van der Waals surface area contributed by atoms with Gasteiger partial charge in [0.15, 0.2) is 0 Å². The Morgan fingerprint density at radius 3 is 2.00 bits per heavy atom. The van der Waals surface area contributed by atoms with Gasteiger partial charge in [0.05, 0.1) is 0 Å². The van der Waals surface area contributed by atoms with E-state index in [2.05, 4.69) is 16.0 Å². The summed E-state index contributed by atoms with van der Waals surface area (Å²) in [6, 6.07) is 0. The molecule has 0 spiro atoms. The molecule has 26 valence electrons. The van der Waals surface area contributed by atoms with Crippen molar-refractivity contribution in [3.63, 3.8) is 0 Å². The molecule has 0 aromatic carbocycles. The average Bonchev–Trinajstić information content (AvgIpc) is 1.37. The summed E-state index contributed by atoms with van der Waals surface area (Å²) in [4.78, 5) is 0. The number of hydrogen-bond acceptors (Lipinski definition) is 1. The molecule has 2 heteroatoms. The third kappa shape index (κ3) is 2.48. The molecule has 0 bridgehead atoms. The monoisotopic (exact) mass is 126 g/mol. The Labute approximate surface area is 33.8 Å². The fourth-order valence-electron chi connectivity index (χ4n) is 0. The molecule has 0 aliphatic rings. The van der Waals surface area contributed by atoms with E-state index in [4.69, 9.17) is 5.11 Å². The Hall–Kier alpha value is 0.479. The summed E-state index contributed by atoms with van der Waals surface area (Å²) in [6.45, 7) is 0.292. The molecular formula is C2H6OSe. The van der Waals surface area contributed by atoms with Gasteiger partial charge in [-0.3, -0.25) is 0 Å². The molecule has 0 fully saturated rings. The van der Waals surface area contributed by atoms with E-state index in [1.54, 1.807) is 0 Å². The van der Waals surface area contributed by atoms with Crippen molar-refractivity contribution in [1.82, 2.24) is 0 Å². The van der Waals surface area contributed by atoms with Crippen molar-refractivity contribution in [1.29, 1.82) is 0 Å². The van der Waals surface area contributed by atoms with Crippen LogP contribution in [0, 0.1) is 0 Å². The van der Waals surface area contributed by atoms with Gasteiger partial charge in [-0.15, -0.1) is 0 Å². The van der Waals surface area contributed by atoms with E-state index in [1.165, 1.54) is 0 Å². The van der Waals surface area contributed by atoms with Crippen LogP contribution in [-0.2, 0) is 0 Å². The van der Waals surface area contributed by atoms with Crippen molar-refractivity contribution in [3.8, 4) is 0 Å². The number of rotatable bonds is 1. The van der Waals surface area contributed by atoms with Crippen LogP contribution in [0.15, 0.2) is 0 Å². The fraction of sp³-hybridized carbons (Fsp3) is 1.00. The van der Waals surface area contributed by atoms with Gasteiger partial charge in [0, 0.05) is 0 Å². The quantitative estimate of drug-likeness (QED) is 0.459. The van der Waals surface area contributed by atoms with Gasteiger partial charge in [0.25, 0.3) is 0 Å². The SMILES string of the molecule is OCC[SeH]. The van der Waals surface area contributed by atoms with Gasteiger partial charge in [0.1, 0.15) is 0 Å². The Balaban J connectivity index is 1.97. The Morgan fingerprint density at radius 1 is 1.75 bits per heavy atom. The molecule has 0 saturated carbocycles. The van der Waals surface area contributed by atoms with Gasteiger partial charge in [-0.25, -0.2) is 0 Å². The van der Waals surface area contributed by atoms with Gasteiger partial charge in [-0.1, -0.05) is 0 Å². The first-order valence-electron chi connectivity index (χ1n) is 1.13. The molecule has 0 saturated heterocycles. The molecule has 0 aromatic heterocycles. The zero-order chi connectivity index (χ0) is 3.41. The van der Waals surface area contributed by atoms with Crippen LogP contribution in [0.1, 0.15) is 0 Å². The molecular weight excluding hydrogens is 119 g/mol. The van der Waals surface area contributed by atoms with Gasteiger partial charge in [-0.2, -0.15) is 0 Å². The molecule has 1 N–H and O–H groups in total. The predicted octanol–water partition coefficient (Wildman–Crippen LogP) is -0.702. The standard InChI is InChI=1S/C2H6OSe/c3-1-2-4/h3-4H,1-2H2. The second-order valence-corrected chi connectivity index (χ2v) is 1.39. The van der Waals surface area contributed by atoms with E-state index in [-0.39, 0.29) is 0 Å². The third-order valence-electron chi connectivity index (χ3n) is 0.1000. The van der Waals surface area contributed by atoms with Crippen LogP contribution in [0.3, 0.4) is 0 Å².